The molecule has 1 aliphatic rings. The van der Waals surface area contributed by atoms with Crippen LogP contribution in [0.1, 0.15) is 35.7 Å². The molecule has 0 radical (unpaired) electrons. The third kappa shape index (κ3) is 4.17. The third-order valence-corrected chi connectivity index (χ3v) is 5.79. The van der Waals surface area contributed by atoms with Crippen LogP contribution in [0.5, 0.6) is 5.75 Å². The van der Waals surface area contributed by atoms with Crippen molar-refractivity contribution < 1.29 is 26.9 Å². The van der Waals surface area contributed by atoms with Crippen LogP contribution < -0.4 is 9.08 Å². The predicted molar refractivity (Wildman–Crippen MR) is 103 cm³/mol. The van der Waals surface area contributed by atoms with Gasteiger partial charge in [0.2, 0.25) is 5.91 Å². The lowest BCUT2D eigenvalue weighted by Crippen LogP contribution is -2.24. The molecule has 1 amide bonds. The van der Waals surface area contributed by atoms with Gasteiger partial charge in [-0.25, -0.2) is 4.79 Å². The van der Waals surface area contributed by atoms with Gasteiger partial charge in [0.15, 0.2) is 0 Å². The minimum atomic E-state index is -4.06. The largest absolute Gasteiger partial charge is 0.462 e. The predicted octanol–water partition coefficient (Wildman–Crippen LogP) is 3.07. The van der Waals surface area contributed by atoms with Gasteiger partial charge in [-0.15, -0.1) is 0 Å². The number of rotatable bonds is 6. The molecule has 0 bridgehead atoms. The van der Waals surface area contributed by atoms with E-state index in [9.17, 15) is 18.0 Å². The second-order valence-electron chi connectivity index (χ2n) is 6.38. The Hall–Kier alpha value is -2.87. The number of carbonyl (C=O) groups excluding carboxylic acids is 2. The minimum absolute atomic E-state index is 0.0253. The van der Waals surface area contributed by atoms with Crippen molar-refractivity contribution in [3.8, 4) is 5.75 Å². The first kappa shape index (κ1) is 19.9. The molecule has 1 fully saturated rings. The smallest absolute Gasteiger partial charge is 0.339 e. The summed E-state index contributed by atoms with van der Waals surface area (Å²) in [5, 5.41) is 0. The van der Waals surface area contributed by atoms with Gasteiger partial charge in [0.25, 0.3) is 0 Å². The molecule has 1 heterocycles. The molecule has 28 heavy (non-hydrogen) atoms. The molecular weight excluding hydrogens is 382 g/mol. The average molecular weight is 403 g/mol. The lowest BCUT2D eigenvalue weighted by molar-refractivity contribution is -0.117. The van der Waals surface area contributed by atoms with Gasteiger partial charge in [-0.1, -0.05) is 0 Å². The zero-order valence-electron chi connectivity index (χ0n) is 15.7. The number of amides is 1. The Bertz CT molecular complexity index is 998. The van der Waals surface area contributed by atoms with Gasteiger partial charge >= 0.3 is 16.1 Å². The summed E-state index contributed by atoms with van der Waals surface area (Å²) in [6.07, 6.45) is 1.30. The Morgan fingerprint density at radius 2 is 1.86 bits per heavy atom. The minimum Gasteiger partial charge on any atom is -0.462 e. The van der Waals surface area contributed by atoms with Crippen LogP contribution >= 0.6 is 0 Å². The fourth-order valence-electron chi connectivity index (χ4n) is 3.04. The third-order valence-electron chi connectivity index (χ3n) is 4.38. The molecule has 0 atom stereocenters. The van der Waals surface area contributed by atoms with Crippen LogP contribution in [0.3, 0.4) is 0 Å². The number of esters is 1. The lowest BCUT2D eigenvalue weighted by Gasteiger charge is -2.17. The topological polar surface area (TPSA) is 90.0 Å². The van der Waals surface area contributed by atoms with Crippen molar-refractivity contribution in [2.45, 2.75) is 31.6 Å². The first-order valence-electron chi connectivity index (χ1n) is 8.94. The highest BCUT2D eigenvalue weighted by atomic mass is 32.2. The molecule has 1 saturated heterocycles. The van der Waals surface area contributed by atoms with Crippen LogP contribution in [0.25, 0.3) is 0 Å². The molecule has 148 valence electrons. The zero-order valence-corrected chi connectivity index (χ0v) is 16.5. The van der Waals surface area contributed by atoms with E-state index in [1.807, 2.05) is 0 Å². The highest BCUT2D eigenvalue weighted by Crippen LogP contribution is 2.28. The number of anilines is 1. The van der Waals surface area contributed by atoms with Gasteiger partial charge in [0.05, 0.1) is 12.2 Å². The van der Waals surface area contributed by atoms with Crippen molar-refractivity contribution in [2.24, 2.45) is 0 Å². The molecule has 0 aliphatic carbocycles. The summed E-state index contributed by atoms with van der Waals surface area (Å²) in [6, 6.07) is 10.4. The molecule has 3 rings (SSSR count). The lowest BCUT2D eigenvalue weighted by atomic mass is 10.2. The van der Waals surface area contributed by atoms with E-state index < -0.39 is 16.1 Å². The maximum atomic E-state index is 12.6. The van der Waals surface area contributed by atoms with E-state index >= 15 is 0 Å². The summed E-state index contributed by atoms with van der Waals surface area (Å²) in [6.45, 7) is 4.25. The average Bonchev–Trinajstić information content (AvgIpc) is 3.08. The fraction of sp³-hybridized carbons (Fsp3) is 0.300. The summed E-state index contributed by atoms with van der Waals surface area (Å²) >= 11 is 0. The molecule has 0 spiro atoms. The van der Waals surface area contributed by atoms with Crippen LogP contribution in [-0.2, 0) is 19.6 Å². The first-order chi connectivity index (χ1) is 13.3. The van der Waals surface area contributed by atoms with Crippen molar-refractivity contribution in [3.05, 3.63) is 53.6 Å². The summed E-state index contributed by atoms with van der Waals surface area (Å²) in [5.74, 6) is -0.362. The maximum Gasteiger partial charge on any atom is 0.339 e. The monoisotopic (exact) mass is 403 g/mol. The number of nitrogens with zero attached hydrogens (tertiary/aromatic N) is 1. The Morgan fingerprint density at radius 3 is 2.43 bits per heavy atom. The van der Waals surface area contributed by atoms with Gasteiger partial charge in [-0.3, -0.25) is 4.79 Å². The van der Waals surface area contributed by atoms with E-state index in [0.29, 0.717) is 29.8 Å². The van der Waals surface area contributed by atoms with E-state index in [1.54, 1.807) is 30.9 Å². The number of benzene rings is 2. The van der Waals surface area contributed by atoms with E-state index in [4.69, 9.17) is 8.92 Å². The summed E-state index contributed by atoms with van der Waals surface area (Å²) in [4.78, 5) is 25.2. The summed E-state index contributed by atoms with van der Waals surface area (Å²) < 4.78 is 35.4. The Kier molecular flexibility index (Phi) is 5.69. The SMILES string of the molecule is CCOC(=O)c1ccc(OS(=O)(=O)c2ccc(N3CCCC3=O)cc2C)cc1. The number of hydrogen-bond donors (Lipinski definition) is 0. The highest BCUT2D eigenvalue weighted by Gasteiger charge is 2.25. The molecule has 2 aromatic rings. The summed E-state index contributed by atoms with van der Waals surface area (Å²) in [7, 11) is -4.06. The van der Waals surface area contributed by atoms with Gasteiger partial charge in [-0.05, 0) is 68.3 Å². The van der Waals surface area contributed by atoms with Crippen LogP contribution in [0, 0.1) is 6.92 Å². The van der Waals surface area contributed by atoms with E-state index in [-0.39, 0.29) is 23.2 Å². The number of carbonyl (C=O) groups is 2. The van der Waals surface area contributed by atoms with Gasteiger partial charge < -0.3 is 13.8 Å². The normalized spacial score (nSPS) is 14.2. The molecule has 1 aliphatic heterocycles. The van der Waals surface area contributed by atoms with Crippen molar-refractivity contribution in [3.63, 3.8) is 0 Å². The Morgan fingerprint density at radius 1 is 1.14 bits per heavy atom. The van der Waals surface area contributed by atoms with Gasteiger partial charge in [0, 0.05) is 18.7 Å². The number of ether oxygens (including phenoxy) is 1. The molecular formula is C20H21NO6S. The van der Waals surface area contributed by atoms with Crippen molar-refractivity contribution in [1.29, 1.82) is 0 Å². The summed E-state index contributed by atoms with van der Waals surface area (Å²) in [5.41, 5.74) is 1.47. The Labute approximate surface area is 164 Å². The fourth-order valence-corrected chi connectivity index (χ4v) is 4.18. The quantitative estimate of drug-likeness (QED) is 0.544. The first-order valence-corrected chi connectivity index (χ1v) is 10.4. The number of aryl methyl sites for hydroxylation is 1. The molecule has 0 N–H and O–H groups in total. The molecule has 7 nitrogen and oxygen atoms in total. The molecule has 0 unspecified atom stereocenters. The highest BCUT2D eigenvalue weighted by molar-refractivity contribution is 7.87. The maximum absolute atomic E-state index is 12.6. The van der Waals surface area contributed by atoms with Crippen LogP contribution in [-0.4, -0.2) is 33.4 Å². The van der Waals surface area contributed by atoms with E-state index in [0.717, 1.165) is 6.42 Å². The zero-order chi connectivity index (χ0) is 20.3. The van der Waals surface area contributed by atoms with E-state index in [1.165, 1.54) is 30.3 Å². The molecule has 2 aromatic carbocycles. The molecule has 8 heteroatoms. The van der Waals surface area contributed by atoms with Gasteiger partial charge in [-0.2, -0.15) is 8.42 Å². The van der Waals surface area contributed by atoms with Crippen molar-refractivity contribution >= 4 is 27.7 Å². The number of hydrogen-bond acceptors (Lipinski definition) is 6. The molecule has 0 saturated carbocycles. The van der Waals surface area contributed by atoms with Crippen LogP contribution in [0.4, 0.5) is 5.69 Å². The molecule has 0 aromatic heterocycles. The van der Waals surface area contributed by atoms with E-state index in [2.05, 4.69) is 0 Å². The standard InChI is InChI=1S/C20H21NO6S/c1-3-26-20(23)15-6-9-17(10-7-15)27-28(24,25)18-11-8-16(13-14(18)2)21-12-4-5-19(21)22/h6-11,13H,3-5,12H2,1-2H3. The van der Waals surface area contributed by atoms with Crippen LogP contribution in [0.2, 0.25) is 0 Å². The van der Waals surface area contributed by atoms with Gasteiger partial charge in [0.1, 0.15) is 10.6 Å². The second kappa shape index (κ2) is 8.02. The van der Waals surface area contributed by atoms with Crippen LogP contribution in [0.15, 0.2) is 47.4 Å². The second-order valence-corrected chi connectivity index (χ2v) is 7.90. The van der Waals surface area contributed by atoms with Crippen molar-refractivity contribution in [1.82, 2.24) is 0 Å². The van der Waals surface area contributed by atoms with Crippen molar-refractivity contribution in [2.75, 3.05) is 18.1 Å². The Balaban J connectivity index is 1.79.